The summed E-state index contributed by atoms with van der Waals surface area (Å²) in [6.45, 7) is 5.02. The van der Waals surface area contributed by atoms with Crippen LogP contribution in [0.4, 0.5) is 0 Å². The van der Waals surface area contributed by atoms with Gasteiger partial charge >= 0.3 is 0 Å². The molecule has 1 aromatic heterocycles. The van der Waals surface area contributed by atoms with Crippen LogP contribution in [0.3, 0.4) is 0 Å². The molecule has 2 nitrogen and oxygen atoms in total. The molecule has 0 radical (unpaired) electrons. The molecule has 2 aromatic rings. The average molecular weight is 263 g/mol. The first-order valence-corrected chi connectivity index (χ1v) is 6.86. The molecule has 1 aromatic carbocycles. The van der Waals surface area contributed by atoms with Crippen LogP contribution >= 0.6 is 11.6 Å². The number of benzene rings is 1. The van der Waals surface area contributed by atoms with Crippen LogP contribution in [-0.2, 0) is 19.4 Å². The fraction of sp³-hybridized carbons (Fsp3) is 0.400. The third-order valence-electron chi connectivity index (χ3n) is 3.21. The lowest BCUT2D eigenvalue weighted by atomic mass is 10.1. The molecule has 0 aliphatic rings. The van der Waals surface area contributed by atoms with Crippen molar-refractivity contribution >= 4 is 11.6 Å². The summed E-state index contributed by atoms with van der Waals surface area (Å²) in [6.07, 6.45) is 3.08. The highest BCUT2D eigenvalue weighted by Gasteiger charge is 2.10. The zero-order chi connectivity index (χ0) is 13.0. The van der Waals surface area contributed by atoms with E-state index in [1.165, 1.54) is 11.1 Å². The van der Waals surface area contributed by atoms with Gasteiger partial charge in [-0.1, -0.05) is 48.9 Å². The molecule has 2 rings (SSSR count). The summed E-state index contributed by atoms with van der Waals surface area (Å²) in [7, 11) is 0. The Morgan fingerprint density at radius 2 is 1.94 bits per heavy atom. The van der Waals surface area contributed by atoms with Gasteiger partial charge < -0.3 is 0 Å². The molecule has 0 saturated carbocycles. The Labute approximate surface area is 114 Å². The maximum absolute atomic E-state index is 6.31. The summed E-state index contributed by atoms with van der Waals surface area (Å²) in [6, 6.07) is 10.5. The first-order valence-electron chi connectivity index (χ1n) is 6.48. The van der Waals surface area contributed by atoms with Gasteiger partial charge in [0.05, 0.1) is 5.69 Å². The minimum Gasteiger partial charge on any atom is -0.253 e. The van der Waals surface area contributed by atoms with Crippen LogP contribution in [0.2, 0.25) is 5.15 Å². The molecule has 18 heavy (non-hydrogen) atoms. The normalized spacial score (nSPS) is 10.8. The number of hydrogen-bond acceptors (Lipinski definition) is 1. The van der Waals surface area contributed by atoms with Crippen molar-refractivity contribution in [1.29, 1.82) is 0 Å². The van der Waals surface area contributed by atoms with Crippen molar-refractivity contribution in [2.24, 2.45) is 0 Å². The van der Waals surface area contributed by atoms with Gasteiger partial charge in [0.15, 0.2) is 0 Å². The Balaban J connectivity index is 1.95. The fourth-order valence-corrected chi connectivity index (χ4v) is 2.61. The number of aryl methyl sites for hydroxylation is 3. The molecular formula is C15H19ClN2. The van der Waals surface area contributed by atoms with Crippen molar-refractivity contribution < 1.29 is 0 Å². The van der Waals surface area contributed by atoms with E-state index in [-0.39, 0.29) is 0 Å². The Kier molecular flexibility index (Phi) is 4.43. The lowest BCUT2D eigenvalue weighted by Gasteiger charge is -2.04. The molecule has 0 amide bonds. The van der Waals surface area contributed by atoms with Gasteiger partial charge in [-0.15, -0.1) is 0 Å². The second-order valence-corrected chi connectivity index (χ2v) is 4.88. The molecule has 0 saturated heterocycles. The highest BCUT2D eigenvalue weighted by molar-refractivity contribution is 6.30. The summed E-state index contributed by atoms with van der Waals surface area (Å²) in [5.74, 6) is 0. The smallest absolute Gasteiger partial charge is 0.130 e. The van der Waals surface area contributed by atoms with Crippen molar-refractivity contribution in [3.05, 3.63) is 52.3 Å². The summed E-state index contributed by atoms with van der Waals surface area (Å²) in [4.78, 5) is 0. The highest BCUT2D eigenvalue weighted by Crippen LogP contribution is 2.20. The van der Waals surface area contributed by atoms with Gasteiger partial charge in [-0.25, -0.2) is 0 Å². The SMILES string of the molecule is CCc1c(C)nn(CCCc2ccccc2)c1Cl. The summed E-state index contributed by atoms with van der Waals surface area (Å²) in [5, 5.41) is 5.31. The lowest BCUT2D eigenvalue weighted by Crippen LogP contribution is -2.02. The highest BCUT2D eigenvalue weighted by atomic mass is 35.5. The molecule has 0 N–H and O–H groups in total. The summed E-state index contributed by atoms with van der Waals surface area (Å²) >= 11 is 6.31. The zero-order valence-electron chi connectivity index (χ0n) is 11.0. The molecule has 0 bridgehead atoms. The molecule has 0 atom stereocenters. The largest absolute Gasteiger partial charge is 0.253 e. The maximum atomic E-state index is 6.31. The maximum Gasteiger partial charge on any atom is 0.130 e. The molecule has 0 aliphatic heterocycles. The van der Waals surface area contributed by atoms with Crippen molar-refractivity contribution in [2.75, 3.05) is 0 Å². The predicted octanol–water partition coefficient (Wildman–Crippen LogP) is 4.04. The molecule has 0 fully saturated rings. The van der Waals surface area contributed by atoms with Gasteiger partial charge in [0.2, 0.25) is 0 Å². The summed E-state index contributed by atoms with van der Waals surface area (Å²) in [5.41, 5.74) is 3.60. The molecule has 96 valence electrons. The van der Waals surface area contributed by atoms with Gasteiger partial charge in [0.25, 0.3) is 0 Å². The predicted molar refractivity (Wildman–Crippen MR) is 76.1 cm³/mol. The van der Waals surface area contributed by atoms with Crippen molar-refractivity contribution in [1.82, 2.24) is 9.78 Å². The first-order chi connectivity index (χ1) is 8.72. The van der Waals surface area contributed by atoms with E-state index in [0.29, 0.717) is 0 Å². The van der Waals surface area contributed by atoms with E-state index >= 15 is 0 Å². The van der Waals surface area contributed by atoms with E-state index in [4.69, 9.17) is 11.6 Å². The van der Waals surface area contributed by atoms with Crippen LogP contribution in [0.15, 0.2) is 30.3 Å². The van der Waals surface area contributed by atoms with Gasteiger partial charge in [-0.2, -0.15) is 5.10 Å². The van der Waals surface area contributed by atoms with E-state index in [1.807, 2.05) is 17.7 Å². The monoisotopic (exact) mass is 262 g/mol. The third-order valence-corrected chi connectivity index (χ3v) is 3.64. The van der Waals surface area contributed by atoms with Crippen molar-refractivity contribution in [3.63, 3.8) is 0 Å². The number of halogens is 1. The van der Waals surface area contributed by atoms with Gasteiger partial charge in [0.1, 0.15) is 5.15 Å². The van der Waals surface area contributed by atoms with E-state index in [0.717, 1.165) is 36.7 Å². The minimum absolute atomic E-state index is 0.808. The molecule has 0 unspecified atom stereocenters. The topological polar surface area (TPSA) is 17.8 Å². The standard InChI is InChI=1S/C15H19ClN2/c1-3-14-12(2)17-18(15(14)16)11-7-10-13-8-5-4-6-9-13/h4-6,8-9H,3,7,10-11H2,1-2H3. The molecule has 3 heteroatoms. The van der Waals surface area contributed by atoms with E-state index in [9.17, 15) is 0 Å². The zero-order valence-corrected chi connectivity index (χ0v) is 11.7. The molecular weight excluding hydrogens is 244 g/mol. The number of nitrogens with zero attached hydrogens (tertiary/aromatic N) is 2. The molecule has 1 heterocycles. The minimum atomic E-state index is 0.808. The van der Waals surface area contributed by atoms with Crippen LogP contribution in [0.25, 0.3) is 0 Å². The summed E-state index contributed by atoms with van der Waals surface area (Å²) < 4.78 is 1.93. The van der Waals surface area contributed by atoms with Gasteiger partial charge in [-0.05, 0) is 31.7 Å². The number of aromatic nitrogens is 2. The van der Waals surface area contributed by atoms with Crippen LogP contribution in [0, 0.1) is 6.92 Å². The third kappa shape index (κ3) is 2.94. The molecule has 0 spiro atoms. The number of rotatable bonds is 5. The van der Waals surface area contributed by atoms with Gasteiger partial charge in [0, 0.05) is 12.1 Å². The van der Waals surface area contributed by atoms with Crippen LogP contribution in [0.1, 0.15) is 30.2 Å². The van der Waals surface area contributed by atoms with Gasteiger partial charge in [-0.3, -0.25) is 4.68 Å². The van der Waals surface area contributed by atoms with Crippen LogP contribution in [-0.4, -0.2) is 9.78 Å². The van der Waals surface area contributed by atoms with Crippen molar-refractivity contribution in [2.45, 2.75) is 39.7 Å². The second-order valence-electron chi connectivity index (χ2n) is 4.52. The fourth-order valence-electron chi connectivity index (χ4n) is 2.22. The quantitative estimate of drug-likeness (QED) is 0.795. The van der Waals surface area contributed by atoms with E-state index in [1.54, 1.807) is 0 Å². The van der Waals surface area contributed by atoms with E-state index < -0.39 is 0 Å². The van der Waals surface area contributed by atoms with Crippen molar-refractivity contribution in [3.8, 4) is 0 Å². The Morgan fingerprint density at radius 1 is 1.22 bits per heavy atom. The lowest BCUT2D eigenvalue weighted by molar-refractivity contribution is 0.575. The first kappa shape index (κ1) is 13.2. The van der Waals surface area contributed by atoms with Crippen LogP contribution < -0.4 is 0 Å². The van der Waals surface area contributed by atoms with E-state index in [2.05, 4.69) is 36.3 Å². The Bertz CT molecular complexity index is 503. The van der Waals surface area contributed by atoms with Crippen LogP contribution in [0.5, 0.6) is 0 Å². The average Bonchev–Trinajstić information content (AvgIpc) is 2.65. The number of hydrogen-bond donors (Lipinski definition) is 0. The molecule has 0 aliphatic carbocycles. The Hall–Kier alpha value is -1.28. The Morgan fingerprint density at radius 3 is 2.56 bits per heavy atom. The second kappa shape index (κ2) is 6.05.